The number of amidine groups is 1. The summed E-state index contributed by atoms with van der Waals surface area (Å²) in [6.45, 7) is 1.74. The smallest absolute Gasteiger partial charge is 0.336 e. The third kappa shape index (κ3) is 4.05. The number of amides is 1. The maximum absolute atomic E-state index is 12.4. The second-order valence-corrected chi connectivity index (χ2v) is 8.29. The molecule has 0 aliphatic carbocycles. The molecule has 6 nitrogen and oxygen atoms in total. The summed E-state index contributed by atoms with van der Waals surface area (Å²) in [7, 11) is 0. The minimum Gasteiger partial charge on any atom is -0.478 e. The van der Waals surface area contributed by atoms with Crippen LogP contribution in [0.4, 0.5) is 5.69 Å². The first-order valence-electron chi connectivity index (χ1n) is 8.70. The summed E-state index contributed by atoms with van der Waals surface area (Å²) in [5, 5.41) is 13.8. The van der Waals surface area contributed by atoms with Crippen LogP contribution in [0.5, 0.6) is 0 Å². The number of aromatic nitrogens is 1. The number of aromatic carboxylic acids is 1. The highest BCUT2D eigenvalue weighted by atomic mass is 35.5. The van der Waals surface area contributed by atoms with Gasteiger partial charge < -0.3 is 10.4 Å². The van der Waals surface area contributed by atoms with E-state index in [4.69, 9.17) is 23.2 Å². The number of pyridine rings is 1. The fourth-order valence-electron chi connectivity index (χ4n) is 2.97. The molecular weight excluding hydrogens is 445 g/mol. The summed E-state index contributed by atoms with van der Waals surface area (Å²) >= 11 is 13.4. The van der Waals surface area contributed by atoms with E-state index in [1.807, 2.05) is 0 Å². The van der Waals surface area contributed by atoms with Gasteiger partial charge in [0.1, 0.15) is 5.69 Å². The maximum atomic E-state index is 12.4. The van der Waals surface area contributed by atoms with Gasteiger partial charge in [0.05, 0.1) is 26.0 Å². The largest absolute Gasteiger partial charge is 0.478 e. The lowest BCUT2D eigenvalue weighted by atomic mass is 10.0. The van der Waals surface area contributed by atoms with Crippen LogP contribution in [0.1, 0.15) is 21.6 Å². The molecule has 1 aliphatic rings. The van der Waals surface area contributed by atoms with E-state index in [-0.39, 0.29) is 11.5 Å². The average Bonchev–Trinajstić information content (AvgIpc) is 3.03. The predicted octanol–water partition coefficient (Wildman–Crippen LogP) is 5.44. The van der Waals surface area contributed by atoms with Crippen molar-refractivity contribution in [3.05, 3.63) is 74.2 Å². The molecule has 2 aromatic carbocycles. The molecule has 1 fully saturated rings. The van der Waals surface area contributed by atoms with Gasteiger partial charge in [-0.2, -0.15) is 0 Å². The third-order valence-electron chi connectivity index (χ3n) is 4.29. The van der Waals surface area contributed by atoms with E-state index in [1.165, 1.54) is 6.07 Å². The van der Waals surface area contributed by atoms with Crippen LogP contribution in [0.3, 0.4) is 0 Å². The Morgan fingerprint density at radius 1 is 1.20 bits per heavy atom. The lowest BCUT2D eigenvalue weighted by molar-refractivity contribution is -0.115. The van der Waals surface area contributed by atoms with Gasteiger partial charge in [-0.3, -0.25) is 9.78 Å². The van der Waals surface area contributed by atoms with E-state index in [9.17, 15) is 14.7 Å². The molecule has 0 bridgehead atoms. The van der Waals surface area contributed by atoms with Gasteiger partial charge in [-0.25, -0.2) is 9.79 Å². The normalized spacial score (nSPS) is 16.4. The van der Waals surface area contributed by atoms with Crippen LogP contribution in [-0.4, -0.2) is 27.1 Å². The summed E-state index contributed by atoms with van der Waals surface area (Å²) in [5.74, 6) is -1.35. The molecule has 30 heavy (non-hydrogen) atoms. The lowest BCUT2D eigenvalue weighted by Gasteiger charge is -2.05. The van der Waals surface area contributed by atoms with Gasteiger partial charge in [0.25, 0.3) is 5.91 Å². The summed E-state index contributed by atoms with van der Waals surface area (Å²) < 4.78 is 0. The van der Waals surface area contributed by atoms with E-state index >= 15 is 0 Å². The highest BCUT2D eigenvalue weighted by molar-refractivity contribution is 8.18. The molecule has 0 unspecified atom stereocenters. The lowest BCUT2D eigenvalue weighted by Crippen LogP contribution is -2.19. The predicted molar refractivity (Wildman–Crippen MR) is 121 cm³/mol. The van der Waals surface area contributed by atoms with Crippen molar-refractivity contribution in [2.75, 3.05) is 0 Å². The third-order valence-corrected chi connectivity index (χ3v) is 5.81. The molecule has 3 aromatic rings. The number of carbonyl (C=O) groups excluding carboxylic acids is 1. The van der Waals surface area contributed by atoms with Crippen LogP contribution in [0.25, 0.3) is 17.0 Å². The van der Waals surface area contributed by atoms with Crippen molar-refractivity contribution in [2.45, 2.75) is 6.92 Å². The van der Waals surface area contributed by atoms with Gasteiger partial charge in [0.2, 0.25) is 0 Å². The molecule has 0 radical (unpaired) electrons. The first kappa shape index (κ1) is 20.4. The molecule has 1 aliphatic heterocycles. The monoisotopic (exact) mass is 457 g/mol. The quantitative estimate of drug-likeness (QED) is 0.510. The number of carboxylic acid groups (broad SMARTS) is 1. The molecule has 150 valence electrons. The number of aliphatic imine (C=N–C) groups is 1. The SMILES string of the molecule is Cc1cc(C(=O)O)c2cc(/C=C3\SC(=Nc4c(Cl)cccc4Cl)NC3=O)ccc2n1. The topological polar surface area (TPSA) is 91.6 Å². The summed E-state index contributed by atoms with van der Waals surface area (Å²) in [6, 6.07) is 11.8. The first-order valence-corrected chi connectivity index (χ1v) is 10.3. The van der Waals surface area contributed by atoms with Gasteiger partial charge in [0.15, 0.2) is 5.17 Å². The minimum atomic E-state index is -1.03. The summed E-state index contributed by atoms with van der Waals surface area (Å²) in [6.07, 6.45) is 1.67. The van der Waals surface area contributed by atoms with Crippen LogP contribution in [0.15, 0.2) is 52.4 Å². The van der Waals surface area contributed by atoms with Crippen molar-refractivity contribution in [3.63, 3.8) is 0 Å². The second-order valence-electron chi connectivity index (χ2n) is 6.44. The van der Waals surface area contributed by atoms with Gasteiger partial charge in [0, 0.05) is 11.1 Å². The average molecular weight is 458 g/mol. The number of para-hydroxylation sites is 1. The highest BCUT2D eigenvalue weighted by Crippen LogP contribution is 2.35. The fourth-order valence-corrected chi connectivity index (χ4v) is 4.28. The highest BCUT2D eigenvalue weighted by Gasteiger charge is 2.24. The minimum absolute atomic E-state index is 0.164. The number of carbonyl (C=O) groups is 2. The fraction of sp³-hybridized carbons (Fsp3) is 0.0476. The zero-order valence-corrected chi connectivity index (χ0v) is 17.8. The summed E-state index contributed by atoms with van der Waals surface area (Å²) in [4.78, 5) is 33.1. The first-order chi connectivity index (χ1) is 14.3. The summed E-state index contributed by atoms with van der Waals surface area (Å²) in [5.41, 5.74) is 2.41. The van der Waals surface area contributed by atoms with Crippen molar-refractivity contribution in [2.24, 2.45) is 4.99 Å². The Labute approximate surface area is 185 Å². The molecule has 1 aromatic heterocycles. The number of fused-ring (bicyclic) bond motifs is 1. The van der Waals surface area contributed by atoms with Crippen LogP contribution in [0, 0.1) is 6.92 Å². The number of rotatable bonds is 3. The molecule has 0 atom stereocenters. The van der Waals surface area contributed by atoms with Gasteiger partial charge >= 0.3 is 5.97 Å². The number of halogens is 2. The van der Waals surface area contributed by atoms with Gasteiger partial charge in [-0.15, -0.1) is 0 Å². The van der Waals surface area contributed by atoms with Crippen LogP contribution in [0.2, 0.25) is 10.0 Å². The van der Waals surface area contributed by atoms with E-state index in [2.05, 4.69) is 15.3 Å². The van der Waals surface area contributed by atoms with Crippen LogP contribution < -0.4 is 5.32 Å². The number of thioether (sulfide) groups is 1. The molecule has 1 saturated heterocycles. The number of hydrogen-bond acceptors (Lipinski definition) is 5. The number of nitrogens with zero attached hydrogens (tertiary/aromatic N) is 2. The number of carboxylic acids is 1. The molecule has 4 rings (SSSR count). The van der Waals surface area contributed by atoms with Crippen molar-refractivity contribution in [1.29, 1.82) is 0 Å². The Morgan fingerprint density at radius 2 is 1.93 bits per heavy atom. The maximum Gasteiger partial charge on any atom is 0.336 e. The van der Waals surface area contributed by atoms with Crippen LogP contribution in [-0.2, 0) is 4.79 Å². The molecule has 1 amide bonds. The molecule has 2 heterocycles. The second kappa shape index (κ2) is 8.10. The van der Waals surface area contributed by atoms with Crippen molar-refractivity contribution in [1.82, 2.24) is 10.3 Å². The molecule has 2 N–H and O–H groups in total. The number of aryl methyl sites for hydroxylation is 1. The van der Waals surface area contributed by atoms with E-state index in [0.717, 1.165) is 11.8 Å². The number of benzene rings is 2. The molecular formula is C21H13Cl2N3O3S. The molecule has 0 spiro atoms. The Balaban J connectivity index is 1.70. The van der Waals surface area contributed by atoms with E-state index in [1.54, 1.807) is 49.4 Å². The van der Waals surface area contributed by atoms with Gasteiger partial charge in [-0.1, -0.05) is 35.3 Å². The Kier molecular flexibility index (Phi) is 5.51. The van der Waals surface area contributed by atoms with E-state index < -0.39 is 5.97 Å². The molecule has 9 heteroatoms. The van der Waals surface area contributed by atoms with Gasteiger partial charge in [-0.05, 0) is 60.7 Å². The Hall–Kier alpha value is -2.87. The number of nitrogens with one attached hydrogen (secondary N) is 1. The van der Waals surface area contributed by atoms with Crippen molar-refractivity contribution >= 4 is 74.7 Å². The Bertz CT molecular complexity index is 1270. The molecule has 0 saturated carbocycles. The zero-order valence-electron chi connectivity index (χ0n) is 15.4. The van der Waals surface area contributed by atoms with E-state index in [0.29, 0.717) is 48.0 Å². The van der Waals surface area contributed by atoms with Crippen molar-refractivity contribution < 1.29 is 14.7 Å². The Morgan fingerprint density at radius 3 is 2.63 bits per heavy atom. The zero-order chi connectivity index (χ0) is 21.4. The van der Waals surface area contributed by atoms with Crippen molar-refractivity contribution in [3.8, 4) is 0 Å². The standard InChI is InChI=1S/C21H13Cl2N3O3S/c1-10-7-13(20(28)29)12-8-11(5-6-16(12)24-10)9-17-19(27)26-21(30-17)25-18-14(22)3-2-4-15(18)23/h2-9H,1H3,(H,28,29)(H,25,26,27)/b17-9-. The number of hydrogen-bond donors (Lipinski definition) is 2. The van der Waals surface area contributed by atoms with Crippen LogP contribution >= 0.6 is 35.0 Å².